The van der Waals surface area contributed by atoms with E-state index in [0.717, 1.165) is 37.4 Å². The third kappa shape index (κ3) is 3.11. The van der Waals surface area contributed by atoms with Crippen molar-refractivity contribution < 1.29 is 14.3 Å². The van der Waals surface area contributed by atoms with Gasteiger partial charge in [-0.2, -0.15) is 0 Å². The number of hydrogen-bond acceptors (Lipinski definition) is 3. The number of hydrogen-bond donors (Lipinski definition) is 1. The second kappa shape index (κ2) is 6.77. The Morgan fingerprint density at radius 1 is 1.30 bits per heavy atom. The van der Waals surface area contributed by atoms with Crippen molar-refractivity contribution >= 4 is 12.4 Å². The topological polar surface area (TPSA) is 55.4 Å². The van der Waals surface area contributed by atoms with E-state index in [4.69, 9.17) is 4.74 Å². The minimum atomic E-state index is -0.535. The highest BCUT2D eigenvalue weighted by Crippen LogP contribution is 2.80. The number of amides is 1. The van der Waals surface area contributed by atoms with Gasteiger partial charge in [0.05, 0.1) is 5.54 Å². The van der Waals surface area contributed by atoms with E-state index < -0.39 is 11.1 Å². The number of rotatable bonds is 6. The first-order chi connectivity index (χ1) is 12.5. The van der Waals surface area contributed by atoms with Crippen LogP contribution >= 0.6 is 0 Å². The number of nitrogens with one attached hydrogen (secondary N) is 1. The Bertz CT molecular complexity index is 595. The first-order valence-electron chi connectivity index (χ1n) is 11.0. The Labute approximate surface area is 165 Å². The lowest BCUT2D eigenvalue weighted by Gasteiger charge is -2.54. The Morgan fingerprint density at radius 2 is 1.96 bits per heavy atom. The summed E-state index contributed by atoms with van der Waals surface area (Å²) in [6, 6.07) is 0. The van der Waals surface area contributed by atoms with E-state index in [1.165, 1.54) is 6.42 Å². The molecule has 0 heterocycles. The van der Waals surface area contributed by atoms with Crippen molar-refractivity contribution in [2.45, 2.75) is 91.7 Å². The smallest absolute Gasteiger partial charge is 0.408 e. The SMILES string of the molecule is CCCC1C2C3C(C(C)C)CCC(C)(C32)C1(CC=O)NC(=O)OC(C)(C)C. The summed E-state index contributed by atoms with van der Waals surface area (Å²) < 4.78 is 5.62. The molecule has 3 aliphatic rings. The molecule has 0 aromatic rings. The van der Waals surface area contributed by atoms with Crippen LogP contribution in [0.4, 0.5) is 4.79 Å². The highest BCUT2D eigenvalue weighted by Gasteiger charge is 2.79. The van der Waals surface area contributed by atoms with Gasteiger partial charge in [-0.05, 0) is 81.0 Å². The average Bonchev–Trinajstić information content (AvgIpc) is 3.21. The molecule has 3 fully saturated rings. The maximum Gasteiger partial charge on any atom is 0.408 e. The molecule has 0 aromatic heterocycles. The monoisotopic (exact) mass is 377 g/mol. The van der Waals surface area contributed by atoms with E-state index in [9.17, 15) is 9.59 Å². The lowest BCUT2D eigenvalue weighted by atomic mass is 9.55. The highest BCUT2D eigenvalue weighted by molar-refractivity contribution is 5.71. The Morgan fingerprint density at radius 3 is 2.48 bits per heavy atom. The Hall–Kier alpha value is -1.06. The summed E-state index contributed by atoms with van der Waals surface area (Å²) in [5, 5.41) is 3.29. The molecule has 3 saturated carbocycles. The minimum Gasteiger partial charge on any atom is -0.444 e. The van der Waals surface area contributed by atoms with E-state index in [-0.39, 0.29) is 11.5 Å². The molecular formula is C23H39NO3. The third-order valence-electron chi connectivity index (χ3n) is 8.06. The normalized spacial score (nSPS) is 42.6. The van der Waals surface area contributed by atoms with Crippen LogP contribution < -0.4 is 5.32 Å². The van der Waals surface area contributed by atoms with Crippen LogP contribution in [0.25, 0.3) is 0 Å². The van der Waals surface area contributed by atoms with E-state index in [1.54, 1.807) is 0 Å². The third-order valence-corrected chi connectivity index (χ3v) is 8.06. The van der Waals surface area contributed by atoms with E-state index >= 15 is 0 Å². The molecule has 0 aromatic carbocycles. The van der Waals surface area contributed by atoms with Crippen LogP contribution in [0, 0.1) is 40.9 Å². The second-order valence-electron chi connectivity index (χ2n) is 10.9. The average molecular weight is 378 g/mol. The summed E-state index contributed by atoms with van der Waals surface area (Å²) in [4.78, 5) is 24.6. The van der Waals surface area contributed by atoms with E-state index in [0.29, 0.717) is 30.1 Å². The highest BCUT2D eigenvalue weighted by atomic mass is 16.6. The number of fused-ring (bicyclic) bond motifs is 1. The van der Waals surface area contributed by atoms with Crippen molar-refractivity contribution in [2.75, 3.05) is 0 Å². The lowest BCUT2D eigenvalue weighted by molar-refractivity contribution is -0.112. The van der Waals surface area contributed by atoms with Crippen molar-refractivity contribution in [3.05, 3.63) is 0 Å². The molecule has 4 nitrogen and oxygen atoms in total. The van der Waals surface area contributed by atoms with Crippen molar-refractivity contribution in [2.24, 2.45) is 40.9 Å². The van der Waals surface area contributed by atoms with Gasteiger partial charge in [0.1, 0.15) is 11.9 Å². The van der Waals surface area contributed by atoms with Gasteiger partial charge >= 0.3 is 6.09 Å². The molecule has 27 heavy (non-hydrogen) atoms. The van der Waals surface area contributed by atoms with Crippen molar-refractivity contribution in [1.82, 2.24) is 5.32 Å². The zero-order chi connectivity index (χ0) is 20.2. The Kier molecular flexibility index (Phi) is 5.18. The van der Waals surface area contributed by atoms with Gasteiger partial charge in [0.25, 0.3) is 0 Å². The summed E-state index contributed by atoms with van der Waals surface area (Å²) in [7, 11) is 0. The molecule has 3 aliphatic carbocycles. The zero-order valence-corrected chi connectivity index (χ0v) is 18.3. The molecule has 154 valence electrons. The number of carbonyl (C=O) groups is 2. The number of ether oxygens (including phenoxy) is 1. The predicted molar refractivity (Wildman–Crippen MR) is 107 cm³/mol. The molecule has 0 aliphatic heterocycles. The van der Waals surface area contributed by atoms with Gasteiger partial charge in [-0.25, -0.2) is 4.79 Å². The predicted octanol–water partition coefficient (Wildman–Crippen LogP) is 5.20. The number of aldehydes is 1. The number of carbonyl (C=O) groups excluding carboxylic acids is 2. The summed E-state index contributed by atoms with van der Waals surface area (Å²) in [6.07, 6.45) is 5.52. The van der Waals surface area contributed by atoms with Crippen LogP contribution in [-0.2, 0) is 9.53 Å². The van der Waals surface area contributed by atoms with Gasteiger partial charge in [-0.3, -0.25) is 0 Å². The maximum atomic E-state index is 12.8. The zero-order valence-electron chi connectivity index (χ0n) is 18.3. The van der Waals surface area contributed by atoms with Gasteiger partial charge in [0.15, 0.2) is 0 Å². The molecule has 0 saturated heterocycles. The van der Waals surface area contributed by atoms with Crippen LogP contribution in [0.15, 0.2) is 0 Å². The molecule has 0 radical (unpaired) electrons. The largest absolute Gasteiger partial charge is 0.444 e. The van der Waals surface area contributed by atoms with Crippen LogP contribution in [0.3, 0.4) is 0 Å². The van der Waals surface area contributed by atoms with E-state index in [1.807, 2.05) is 20.8 Å². The van der Waals surface area contributed by atoms with Crippen LogP contribution in [-0.4, -0.2) is 23.5 Å². The molecule has 3 rings (SSSR count). The van der Waals surface area contributed by atoms with Gasteiger partial charge in [0, 0.05) is 6.42 Å². The lowest BCUT2D eigenvalue weighted by Crippen LogP contribution is -2.64. The van der Waals surface area contributed by atoms with Crippen molar-refractivity contribution in [1.29, 1.82) is 0 Å². The molecule has 4 heteroatoms. The fraction of sp³-hybridized carbons (Fsp3) is 0.913. The first-order valence-corrected chi connectivity index (χ1v) is 11.0. The van der Waals surface area contributed by atoms with E-state index in [2.05, 4.69) is 33.0 Å². The standard InChI is InChI=1S/C23H39NO3/c1-8-9-16-18-17-15(14(2)3)10-11-22(7,19(17)18)23(16,12-13-25)24-20(26)27-21(4,5)6/h13-19H,8-12H2,1-7H3,(H,24,26). The number of alkyl carbamates (subject to hydrolysis) is 1. The van der Waals surface area contributed by atoms with Crippen LogP contribution in [0.2, 0.25) is 0 Å². The molecule has 7 atom stereocenters. The summed E-state index contributed by atoms with van der Waals surface area (Å²) in [5.74, 6) is 3.96. The Balaban J connectivity index is 1.95. The fourth-order valence-corrected chi connectivity index (χ4v) is 7.19. The molecule has 1 N–H and O–H groups in total. The quantitative estimate of drug-likeness (QED) is 0.647. The van der Waals surface area contributed by atoms with Gasteiger partial charge in [0.2, 0.25) is 0 Å². The molecular weight excluding hydrogens is 338 g/mol. The first kappa shape index (κ1) is 20.7. The van der Waals surface area contributed by atoms with Crippen molar-refractivity contribution in [3.8, 4) is 0 Å². The minimum absolute atomic E-state index is 0.00856. The summed E-state index contributed by atoms with van der Waals surface area (Å²) in [6.45, 7) is 14.9. The molecule has 0 spiro atoms. The molecule has 7 unspecified atom stereocenters. The maximum absolute atomic E-state index is 12.8. The summed E-state index contributed by atoms with van der Waals surface area (Å²) >= 11 is 0. The fourth-order valence-electron chi connectivity index (χ4n) is 7.19. The van der Waals surface area contributed by atoms with Crippen LogP contribution in [0.5, 0.6) is 0 Å². The van der Waals surface area contributed by atoms with Gasteiger partial charge in [-0.1, -0.05) is 34.1 Å². The molecule has 0 bridgehead atoms. The van der Waals surface area contributed by atoms with Crippen LogP contribution in [0.1, 0.15) is 80.6 Å². The van der Waals surface area contributed by atoms with Gasteiger partial charge < -0.3 is 14.8 Å². The second-order valence-corrected chi connectivity index (χ2v) is 10.9. The molecule has 1 amide bonds. The summed E-state index contributed by atoms with van der Waals surface area (Å²) in [5.41, 5.74) is -1.00. The van der Waals surface area contributed by atoms with Crippen molar-refractivity contribution in [3.63, 3.8) is 0 Å². The van der Waals surface area contributed by atoms with Gasteiger partial charge in [-0.15, -0.1) is 0 Å².